The molecular formula is C26H18N4OS2. The Balaban J connectivity index is 1.59. The lowest BCUT2D eigenvalue weighted by Gasteiger charge is -2.35. The monoisotopic (exact) mass is 466 g/mol. The highest BCUT2D eigenvalue weighted by Crippen LogP contribution is 2.56. The van der Waals surface area contributed by atoms with Crippen molar-refractivity contribution in [2.75, 3.05) is 17.3 Å². The standard InChI is InChI=1S/C26H18N4OS2/c1-31-16-12-10-15(11-13-16)22-17(14-27)26-30(19-7-3-5-9-21(19)33-26)24(28)23(22)25-29-18-6-2-4-8-20(18)32-25/h2-13,22,28-29H,1H3/b25-23+,28-24?/t22-/m0/s1. The van der Waals surface area contributed by atoms with E-state index in [4.69, 9.17) is 4.74 Å². The number of allylic oxidation sites excluding steroid dienone is 1. The van der Waals surface area contributed by atoms with E-state index < -0.39 is 0 Å². The molecule has 3 heterocycles. The van der Waals surface area contributed by atoms with Gasteiger partial charge in [0.05, 0.1) is 41.1 Å². The SMILES string of the molecule is COc1ccc([C@H]2C(C#N)=C3Sc4ccccc4N3C(=N)/C2=C2\Nc3ccccc3S2)cc1. The molecule has 3 aliphatic rings. The number of nitrogens with one attached hydrogen (secondary N) is 2. The van der Waals surface area contributed by atoms with Gasteiger partial charge in [-0.1, -0.05) is 59.9 Å². The predicted octanol–water partition coefficient (Wildman–Crippen LogP) is 6.55. The molecule has 0 saturated carbocycles. The Morgan fingerprint density at radius 3 is 2.42 bits per heavy atom. The quantitative estimate of drug-likeness (QED) is 0.446. The molecule has 6 rings (SSSR count). The second-order valence-electron chi connectivity index (χ2n) is 7.76. The number of ether oxygens (including phenoxy) is 1. The fourth-order valence-electron chi connectivity index (χ4n) is 4.43. The van der Waals surface area contributed by atoms with Crippen LogP contribution >= 0.6 is 23.5 Å². The van der Waals surface area contributed by atoms with Gasteiger partial charge in [0, 0.05) is 15.4 Å². The van der Waals surface area contributed by atoms with Crippen LogP contribution < -0.4 is 15.0 Å². The molecule has 0 radical (unpaired) electrons. The molecule has 0 aromatic heterocycles. The third-order valence-electron chi connectivity index (χ3n) is 5.96. The topological polar surface area (TPSA) is 72.1 Å². The van der Waals surface area contributed by atoms with Crippen LogP contribution in [0.25, 0.3) is 0 Å². The molecule has 3 aliphatic heterocycles. The summed E-state index contributed by atoms with van der Waals surface area (Å²) in [4.78, 5) is 4.09. The normalized spacial score (nSPS) is 20.7. The molecule has 7 heteroatoms. The summed E-state index contributed by atoms with van der Waals surface area (Å²) in [5, 5.41) is 24.9. The minimum atomic E-state index is -0.356. The Kier molecular flexibility index (Phi) is 4.72. The van der Waals surface area contributed by atoms with Crippen molar-refractivity contribution in [2.24, 2.45) is 0 Å². The zero-order valence-electron chi connectivity index (χ0n) is 17.6. The van der Waals surface area contributed by atoms with Crippen LogP contribution in [0.1, 0.15) is 11.5 Å². The summed E-state index contributed by atoms with van der Waals surface area (Å²) in [5.41, 5.74) is 4.39. The van der Waals surface area contributed by atoms with Gasteiger partial charge in [0.15, 0.2) is 0 Å². The van der Waals surface area contributed by atoms with Crippen LogP contribution in [0, 0.1) is 16.7 Å². The van der Waals surface area contributed by atoms with Crippen LogP contribution in [0.5, 0.6) is 5.75 Å². The van der Waals surface area contributed by atoms with Gasteiger partial charge in [-0.2, -0.15) is 5.26 Å². The summed E-state index contributed by atoms with van der Waals surface area (Å²) in [6, 6.07) is 26.5. The fourth-order valence-corrected chi connectivity index (χ4v) is 6.68. The number of nitriles is 1. The van der Waals surface area contributed by atoms with Crippen LogP contribution in [0.4, 0.5) is 11.4 Å². The Morgan fingerprint density at radius 1 is 0.970 bits per heavy atom. The van der Waals surface area contributed by atoms with Crippen molar-refractivity contribution in [3.8, 4) is 11.8 Å². The number of benzene rings is 3. The maximum atomic E-state index is 10.4. The van der Waals surface area contributed by atoms with E-state index in [2.05, 4.69) is 17.5 Å². The zero-order chi connectivity index (χ0) is 22.5. The van der Waals surface area contributed by atoms with E-state index in [1.54, 1.807) is 30.6 Å². The lowest BCUT2D eigenvalue weighted by Crippen LogP contribution is -2.37. The maximum Gasteiger partial charge on any atom is 0.137 e. The van der Waals surface area contributed by atoms with Crippen molar-refractivity contribution in [3.05, 3.63) is 99.6 Å². The highest BCUT2D eigenvalue weighted by atomic mass is 32.2. The number of fused-ring (bicyclic) bond motifs is 4. The minimum absolute atomic E-state index is 0.356. The highest BCUT2D eigenvalue weighted by Gasteiger charge is 2.44. The molecule has 0 spiro atoms. The summed E-state index contributed by atoms with van der Waals surface area (Å²) < 4.78 is 5.35. The second kappa shape index (κ2) is 7.77. The molecule has 5 nitrogen and oxygen atoms in total. The molecule has 2 N–H and O–H groups in total. The number of para-hydroxylation sites is 2. The van der Waals surface area contributed by atoms with Gasteiger partial charge in [0.25, 0.3) is 0 Å². The van der Waals surface area contributed by atoms with E-state index in [0.29, 0.717) is 11.4 Å². The van der Waals surface area contributed by atoms with E-state index in [1.807, 2.05) is 71.6 Å². The average Bonchev–Trinajstić information content (AvgIpc) is 3.45. The summed E-state index contributed by atoms with van der Waals surface area (Å²) in [7, 11) is 1.64. The van der Waals surface area contributed by atoms with Crippen LogP contribution in [0.2, 0.25) is 0 Å². The van der Waals surface area contributed by atoms with Gasteiger partial charge < -0.3 is 10.1 Å². The van der Waals surface area contributed by atoms with Crippen LogP contribution in [0.15, 0.2) is 104 Å². The number of nitrogens with zero attached hydrogens (tertiary/aromatic N) is 2. The first-order valence-corrected chi connectivity index (χ1v) is 12.0. The van der Waals surface area contributed by atoms with Crippen molar-refractivity contribution in [3.63, 3.8) is 0 Å². The molecule has 3 aromatic carbocycles. The number of anilines is 2. The molecule has 1 atom stereocenters. The molecule has 0 unspecified atom stereocenters. The van der Waals surface area contributed by atoms with Crippen LogP contribution in [-0.2, 0) is 0 Å². The highest BCUT2D eigenvalue weighted by molar-refractivity contribution is 8.04. The summed E-state index contributed by atoms with van der Waals surface area (Å²) >= 11 is 3.18. The maximum absolute atomic E-state index is 10.4. The number of thioether (sulfide) groups is 2. The Labute approximate surface area is 200 Å². The van der Waals surface area contributed by atoms with Gasteiger partial charge >= 0.3 is 0 Å². The number of hydrogen-bond acceptors (Lipinski definition) is 6. The number of methoxy groups -OCH3 is 1. The lowest BCUT2D eigenvalue weighted by molar-refractivity contribution is 0.414. The molecule has 0 fully saturated rings. The van der Waals surface area contributed by atoms with Crippen molar-refractivity contribution in [1.29, 1.82) is 10.7 Å². The molecule has 0 amide bonds. The van der Waals surface area contributed by atoms with Crippen molar-refractivity contribution >= 4 is 40.7 Å². The van der Waals surface area contributed by atoms with E-state index in [-0.39, 0.29) is 5.92 Å². The Bertz CT molecular complexity index is 1390. The fraction of sp³-hybridized carbons (Fsp3) is 0.0769. The van der Waals surface area contributed by atoms with Gasteiger partial charge in [0.2, 0.25) is 0 Å². The van der Waals surface area contributed by atoms with E-state index >= 15 is 0 Å². The molecule has 0 saturated heterocycles. The summed E-state index contributed by atoms with van der Waals surface area (Å²) in [5.74, 6) is 0.797. The Hall–Kier alpha value is -3.60. The smallest absolute Gasteiger partial charge is 0.137 e. The van der Waals surface area contributed by atoms with Crippen LogP contribution in [0.3, 0.4) is 0 Å². The molecule has 0 bridgehead atoms. The van der Waals surface area contributed by atoms with Crippen LogP contribution in [-0.4, -0.2) is 12.9 Å². The Morgan fingerprint density at radius 2 is 1.70 bits per heavy atom. The van der Waals surface area contributed by atoms with E-state index in [0.717, 1.165) is 48.1 Å². The van der Waals surface area contributed by atoms with E-state index in [1.165, 1.54) is 0 Å². The number of amidine groups is 1. The summed E-state index contributed by atoms with van der Waals surface area (Å²) in [6.07, 6.45) is 0. The summed E-state index contributed by atoms with van der Waals surface area (Å²) in [6.45, 7) is 0. The molecule has 3 aromatic rings. The van der Waals surface area contributed by atoms with Crippen molar-refractivity contribution in [2.45, 2.75) is 15.7 Å². The molecule has 160 valence electrons. The van der Waals surface area contributed by atoms with Crippen molar-refractivity contribution < 1.29 is 4.74 Å². The zero-order valence-corrected chi connectivity index (χ0v) is 19.3. The van der Waals surface area contributed by atoms with Gasteiger partial charge in [-0.25, -0.2) is 0 Å². The predicted molar refractivity (Wildman–Crippen MR) is 134 cm³/mol. The van der Waals surface area contributed by atoms with E-state index in [9.17, 15) is 10.7 Å². The van der Waals surface area contributed by atoms with Crippen molar-refractivity contribution in [1.82, 2.24) is 0 Å². The molecule has 0 aliphatic carbocycles. The average molecular weight is 467 g/mol. The largest absolute Gasteiger partial charge is 0.497 e. The third kappa shape index (κ3) is 3.06. The van der Waals surface area contributed by atoms with Gasteiger partial charge in [-0.3, -0.25) is 10.3 Å². The first kappa shape index (κ1) is 20.0. The number of hydrogen-bond donors (Lipinski definition) is 2. The first-order chi connectivity index (χ1) is 16.2. The molecule has 33 heavy (non-hydrogen) atoms. The number of rotatable bonds is 2. The first-order valence-electron chi connectivity index (χ1n) is 10.4. The van der Waals surface area contributed by atoms with Gasteiger partial charge in [0.1, 0.15) is 16.6 Å². The van der Waals surface area contributed by atoms with Gasteiger partial charge in [-0.05, 0) is 42.0 Å². The van der Waals surface area contributed by atoms with Gasteiger partial charge in [-0.15, -0.1) is 0 Å². The minimum Gasteiger partial charge on any atom is -0.497 e. The second-order valence-corrected chi connectivity index (χ2v) is 9.84. The molecular weight excluding hydrogens is 448 g/mol. The lowest BCUT2D eigenvalue weighted by atomic mass is 9.82. The third-order valence-corrected chi connectivity index (χ3v) is 8.23.